The minimum absolute atomic E-state index is 0.0765. The molecule has 0 bridgehead atoms. The molecule has 0 fully saturated rings. The molecule has 5 nitrogen and oxygen atoms in total. The smallest absolute Gasteiger partial charge is 0.163 e. The molecule has 3 aromatic heterocycles. The van der Waals surface area contributed by atoms with Crippen LogP contribution in [0.2, 0.25) is 0 Å². The molecular formula is C44H33N5. The molecule has 0 saturated carbocycles. The molecule has 0 spiro atoms. The van der Waals surface area contributed by atoms with Crippen LogP contribution in [0.5, 0.6) is 0 Å². The van der Waals surface area contributed by atoms with Crippen molar-refractivity contribution in [1.29, 1.82) is 0 Å². The molecule has 3 heterocycles. The van der Waals surface area contributed by atoms with E-state index in [9.17, 15) is 0 Å². The summed E-state index contributed by atoms with van der Waals surface area (Å²) in [6.45, 7) is 2.21. The second kappa shape index (κ2) is 13.4. The van der Waals surface area contributed by atoms with E-state index in [4.69, 9.17) is 15.0 Å². The van der Waals surface area contributed by atoms with Crippen LogP contribution in [0, 0.1) is 5.92 Å². The lowest BCUT2D eigenvalue weighted by atomic mass is 9.85. The molecule has 7 aromatic rings. The predicted molar refractivity (Wildman–Crippen MR) is 198 cm³/mol. The third-order valence-corrected chi connectivity index (χ3v) is 8.90. The zero-order chi connectivity index (χ0) is 33.0. The number of hydrogen-bond acceptors (Lipinski definition) is 5. The Morgan fingerprint density at radius 1 is 0.449 bits per heavy atom. The molecule has 234 valence electrons. The number of benzene rings is 4. The standard InChI is InChI=1S/C44H33N5/c1-30-21-22-34(41-20-9-11-24-46-41)29-39(30)44-48-42(35-18-12-17-33(25-35)40-19-8-10-23-45-40)47-43(49-44)38-27-36(31-13-4-2-5-14-31)26-37(28-38)32-15-6-3-7-16-32/h2-30,39H,1H3. The summed E-state index contributed by atoms with van der Waals surface area (Å²) in [4.78, 5) is 24.8. The molecule has 2 unspecified atom stereocenters. The van der Waals surface area contributed by atoms with Crippen LogP contribution < -0.4 is 0 Å². The van der Waals surface area contributed by atoms with Crippen molar-refractivity contribution in [3.05, 3.63) is 182 Å². The van der Waals surface area contributed by atoms with Crippen molar-refractivity contribution in [1.82, 2.24) is 24.9 Å². The fourth-order valence-electron chi connectivity index (χ4n) is 6.29. The normalized spacial score (nSPS) is 15.5. The Balaban J connectivity index is 1.32. The number of pyridine rings is 2. The number of hydrogen-bond donors (Lipinski definition) is 0. The van der Waals surface area contributed by atoms with Gasteiger partial charge in [0, 0.05) is 35.0 Å². The fraction of sp³-hybridized carbons (Fsp3) is 0.0682. The molecule has 0 radical (unpaired) electrons. The highest BCUT2D eigenvalue weighted by atomic mass is 15.0. The first-order valence-corrected chi connectivity index (χ1v) is 16.5. The van der Waals surface area contributed by atoms with Gasteiger partial charge < -0.3 is 0 Å². The second-order valence-corrected chi connectivity index (χ2v) is 12.2. The zero-order valence-corrected chi connectivity index (χ0v) is 27.1. The van der Waals surface area contributed by atoms with Gasteiger partial charge in [-0.1, -0.05) is 116 Å². The molecule has 0 amide bonds. The molecule has 1 aliphatic carbocycles. The quantitative estimate of drug-likeness (QED) is 0.175. The molecule has 0 saturated heterocycles. The van der Waals surface area contributed by atoms with Crippen molar-refractivity contribution in [2.75, 3.05) is 0 Å². The first-order chi connectivity index (χ1) is 24.2. The first kappa shape index (κ1) is 30.0. The predicted octanol–water partition coefficient (Wildman–Crippen LogP) is 10.4. The Bertz CT molecular complexity index is 2220. The topological polar surface area (TPSA) is 64.5 Å². The van der Waals surface area contributed by atoms with Gasteiger partial charge in [-0.25, -0.2) is 15.0 Å². The average molecular weight is 632 g/mol. The summed E-state index contributed by atoms with van der Waals surface area (Å²) in [5.41, 5.74) is 10.2. The third kappa shape index (κ3) is 6.47. The Morgan fingerprint density at radius 2 is 0.980 bits per heavy atom. The van der Waals surface area contributed by atoms with E-state index in [2.05, 4.69) is 120 Å². The highest BCUT2D eigenvalue weighted by Crippen LogP contribution is 2.37. The molecule has 0 aliphatic heterocycles. The van der Waals surface area contributed by atoms with E-state index in [1.165, 1.54) is 0 Å². The van der Waals surface area contributed by atoms with Crippen LogP contribution in [0.1, 0.15) is 24.4 Å². The van der Waals surface area contributed by atoms with E-state index in [0.29, 0.717) is 11.6 Å². The monoisotopic (exact) mass is 631 g/mol. The minimum atomic E-state index is -0.0765. The van der Waals surface area contributed by atoms with Crippen LogP contribution in [-0.2, 0) is 0 Å². The van der Waals surface area contributed by atoms with E-state index < -0.39 is 0 Å². The van der Waals surface area contributed by atoms with Gasteiger partial charge in [-0.15, -0.1) is 0 Å². The lowest BCUT2D eigenvalue weighted by Crippen LogP contribution is -2.15. The van der Waals surface area contributed by atoms with Crippen molar-refractivity contribution in [3.63, 3.8) is 0 Å². The van der Waals surface area contributed by atoms with Crippen LogP contribution in [-0.4, -0.2) is 24.9 Å². The first-order valence-electron chi connectivity index (χ1n) is 16.5. The number of allylic oxidation sites excluding steroid dienone is 4. The molecule has 0 N–H and O–H groups in total. The summed E-state index contributed by atoms with van der Waals surface area (Å²) in [5, 5.41) is 0. The number of nitrogens with zero attached hydrogens (tertiary/aromatic N) is 5. The fourth-order valence-corrected chi connectivity index (χ4v) is 6.29. The van der Waals surface area contributed by atoms with Gasteiger partial charge >= 0.3 is 0 Å². The third-order valence-electron chi connectivity index (χ3n) is 8.90. The highest BCUT2D eigenvalue weighted by molar-refractivity contribution is 5.80. The second-order valence-electron chi connectivity index (χ2n) is 12.2. The van der Waals surface area contributed by atoms with E-state index in [-0.39, 0.29) is 11.8 Å². The largest absolute Gasteiger partial charge is 0.256 e. The average Bonchev–Trinajstić information content (AvgIpc) is 3.19. The molecule has 1 aliphatic rings. The van der Waals surface area contributed by atoms with Crippen molar-refractivity contribution in [2.45, 2.75) is 12.8 Å². The maximum absolute atomic E-state index is 5.25. The molecule has 49 heavy (non-hydrogen) atoms. The summed E-state index contributed by atoms with van der Waals surface area (Å²) < 4.78 is 0. The van der Waals surface area contributed by atoms with Crippen LogP contribution in [0.15, 0.2) is 170 Å². The maximum Gasteiger partial charge on any atom is 0.163 e. The zero-order valence-electron chi connectivity index (χ0n) is 27.1. The summed E-state index contributed by atoms with van der Waals surface area (Å²) >= 11 is 0. The molecule has 2 atom stereocenters. The van der Waals surface area contributed by atoms with Crippen molar-refractivity contribution < 1.29 is 0 Å². The van der Waals surface area contributed by atoms with Gasteiger partial charge in [0.1, 0.15) is 5.82 Å². The molecule has 8 rings (SSSR count). The van der Waals surface area contributed by atoms with Gasteiger partial charge in [0.05, 0.1) is 11.4 Å². The Hall–Kier alpha value is -6.33. The summed E-state index contributed by atoms with van der Waals surface area (Å²) in [7, 11) is 0. The van der Waals surface area contributed by atoms with Crippen LogP contribution >= 0.6 is 0 Å². The van der Waals surface area contributed by atoms with Gasteiger partial charge in [0.25, 0.3) is 0 Å². The van der Waals surface area contributed by atoms with Crippen molar-refractivity contribution in [2.24, 2.45) is 5.92 Å². The van der Waals surface area contributed by atoms with E-state index >= 15 is 0 Å². The number of rotatable bonds is 7. The van der Waals surface area contributed by atoms with Crippen molar-refractivity contribution in [3.8, 4) is 56.3 Å². The van der Waals surface area contributed by atoms with Crippen LogP contribution in [0.4, 0.5) is 0 Å². The lowest BCUT2D eigenvalue weighted by Gasteiger charge is -2.23. The molecule has 4 aromatic carbocycles. The van der Waals surface area contributed by atoms with Gasteiger partial charge in [-0.2, -0.15) is 0 Å². The van der Waals surface area contributed by atoms with Crippen molar-refractivity contribution >= 4 is 5.57 Å². The van der Waals surface area contributed by atoms with Gasteiger partial charge in [-0.05, 0) is 82.3 Å². The van der Waals surface area contributed by atoms with Gasteiger partial charge in [0.2, 0.25) is 0 Å². The van der Waals surface area contributed by atoms with Crippen LogP contribution in [0.3, 0.4) is 0 Å². The molecule has 5 heteroatoms. The molecular weight excluding hydrogens is 599 g/mol. The van der Waals surface area contributed by atoms with Crippen LogP contribution in [0.25, 0.3) is 61.9 Å². The summed E-state index contributed by atoms with van der Waals surface area (Å²) in [5.74, 6) is 2.07. The van der Waals surface area contributed by atoms with E-state index in [0.717, 1.165) is 61.7 Å². The summed E-state index contributed by atoms with van der Waals surface area (Å²) in [6.07, 6.45) is 10.3. The van der Waals surface area contributed by atoms with E-state index in [1.54, 1.807) is 0 Å². The Morgan fingerprint density at radius 3 is 1.61 bits per heavy atom. The van der Waals surface area contributed by atoms with E-state index in [1.807, 2.05) is 67.0 Å². The number of aromatic nitrogens is 5. The minimum Gasteiger partial charge on any atom is -0.256 e. The highest BCUT2D eigenvalue weighted by Gasteiger charge is 2.25. The lowest BCUT2D eigenvalue weighted by molar-refractivity contribution is 0.602. The Labute approximate surface area is 286 Å². The SMILES string of the molecule is CC1C=CC(c2ccccn2)=CC1c1nc(-c2cc(-c3ccccc3)cc(-c3ccccc3)c2)nc(-c2cccc(-c3ccccn3)c2)n1. The Kier molecular flexibility index (Phi) is 8.22. The maximum atomic E-state index is 5.25. The van der Waals surface area contributed by atoms with Gasteiger partial charge in [-0.3, -0.25) is 9.97 Å². The summed E-state index contributed by atoms with van der Waals surface area (Å²) in [6, 6.07) is 47.8. The van der Waals surface area contributed by atoms with Gasteiger partial charge in [0.15, 0.2) is 11.6 Å².